The molecule has 6 nitrogen and oxygen atoms in total. The molecule has 0 aliphatic carbocycles. The third-order valence-electron chi connectivity index (χ3n) is 4.13. The van der Waals surface area contributed by atoms with E-state index in [4.69, 9.17) is 10.5 Å². The lowest BCUT2D eigenvalue weighted by Gasteiger charge is -2.13. The van der Waals surface area contributed by atoms with Gasteiger partial charge in [-0.25, -0.2) is 9.37 Å². The van der Waals surface area contributed by atoms with Gasteiger partial charge in [-0.15, -0.1) is 0 Å². The van der Waals surface area contributed by atoms with Gasteiger partial charge in [0.2, 0.25) is 0 Å². The Hall–Kier alpha value is -3.03. The van der Waals surface area contributed by atoms with Crippen LogP contribution in [-0.2, 0) is 6.42 Å². The average molecular weight is 376 g/mol. The number of nitrogens with two attached hydrogens (primary N) is 1. The molecular formula is C19H22F2N4O2. The molecule has 1 unspecified atom stereocenters. The molecule has 0 spiro atoms. The maximum absolute atomic E-state index is 14.1. The number of pyridine rings is 1. The van der Waals surface area contributed by atoms with Crippen LogP contribution in [0.3, 0.4) is 0 Å². The quantitative estimate of drug-likeness (QED) is 0.547. The first-order valence-corrected chi connectivity index (χ1v) is 8.36. The number of nitrogens with one attached hydrogen (secondary N) is 1. The molecule has 0 aliphatic rings. The van der Waals surface area contributed by atoms with E-state index in [1.165, 1.54) is 44.6 Å². The van der Waals surface area contributed by atoms with Gasteiger partial charge in [-0.1, -0.05) is 0 Å². The van der Waals surface area contributed by atoms with Gasteiger partial charge in [-0.05, 0) is 48.7 Å². The lowest BCUT2D eigenvalue weighted by atomic mass is 9.99. The second kappa shape index (κ2) is 9.61. The third kappa shape index (κ3) is 5.47. The molecule has 3 N–H and O–H groups in total. The molecule has 0 saturated heterocycles. The second-order valence-electron chi connectivity index (χ2n) is 5.88. The van der Waals surface area contributed by atoms with Crippen LogP contribution < -0.4 is 15.8 Å². The van der Waals surface area contributed by atoms with Crippen LogP contribution in [0.5, 0.6) is 5.75 Å². The Bertz CT molecular complexity index is 810. The summed E-state index contributed by atoms with van der Waals surface area (Å²) in [6, 6.07) is 7.38. The van der Waals surface area contributed by atoms with Crippen molar-refractivity contribution in [3.05, 3.63) is 53.6 Å². The maximum Gasteiger partial charge on any atom is 0.274 e. The van der Waals surface area contributed by atoms with Gasteiger partial charge in [0.1, 0.15) is 17.3 Å². The number of nitrogens with zero attached hydrogens (tertiary/aromatic N) is 2. The normalized spacial score (nSPS) is 12.5. The number of hydrogen-bond acceptors (Lipinski definition) is 4. The van der Waals surface area contributed by atoms with Crippen molar-refractivity contribution in [3.63, 3.8) is 0 Å². The number of halogens is 2. The van der Waals surface area contributed by atoms with Gasteiger partial charge >= 0.3 is 0 Å². The zero-order chi connectivity index (χ0) is 19.8. The standard InChI is InChI=1S/C19H22F2N4O2/c1-23-18(22)13(10-20)4-3-12-9-14(5-7-16(12)21)25-19(26)17-8-6-15(27-2)11-24-17/h5-9,11,13H,3-4,10H2,1-2H3,(H2,22,23)(H,25,26). The maximum atomic E-state index is 14.1. The molecule has 1 aromatic heterocycles. The molecule has 27 heavy (non-hydrogen) atoms. The first-order valence-electron chi connectivity index (χ1n) is 8.36. The summed E-state index contributed by atoms with van der Waals surface area (Å²) in [6.45, 7) is -0.662. The molecule has 1 heterocycles. The molecule has 0 aliphatic heterocycles. The highest BCUT2D eigenvalue weighted by Crippen LogP contribution is 2.19. The number of aliphatic imine (C=N–C) groups is 1. The molecule has 1 aromatic carbocycles. The Morgan fingerprint density at radius 1 is 1.37 bits per heavy atom. The highest BCUT2D eigenvalue weighted by molar-refractivity contribution is 6.02. The number of hydrogen-bond donors (Lipinski definition) is 2. The fourth-order valence-electron chi connectivity index (χ4n) is 2.49. The fraction of sp³-hybridized carbons (Fsp3) is 0.316. The number of carbonyl (C=O) groups is 1. The zero-order valence-corrected chi connectivity index (χ0v) is 15.2. The molecule has 0 bridgehead atoms. The molecule has 0 fully saturated rings. The number of alkyl halides is 1. The number of aryl methyl sites for hydroxylation is 1. The lowest BCUT2D eigenvalue weighted by molar-refractivity contribution is 0.102. The summed E-state index contributed by atoms with van der Waals surface area (Å²) in [7, 11) is 2.99. The van der Waals surface area contributed by atoms with Gasteiger partial charge in [-0.3, -0.25) is 14.2 Å². The number of anilines is 1. The van der Waals surface area contributed by atoms with Crippen molar-refractivity contribution in [1.82, 2.24) is 4.98 Å². The molecular weight excluding hydrogens is 354 g/mol. The SMILES string of the molecule is C/N=C(/N)C(CF)CCc1cc(NC(=O)c2ccc(OC)cn2)ccc1F. The van der Waals surface area contributed by atoms with E-state index in [0.717, 1.165) is 0 Å². The van der Waals surface area contributed by atoms with E-state index in [0.29, 0.717) is 23.4 Å². The number of benzene rings is 1. The molecule has 0 saturated carbocycles. The Labute approximate surface area is 156 Å². The fourth-order valence-corrected chi connectivity index (χ4v) is 2.49. The van der Waals surface area contributed by atoms with E-state index in [1.54, 1.807) is 6.07 Å². The number of ether oxygens (including phenoxy) is 1. The molecule has 2 aromatic rings. The minimum absolute atomic E-state index is 0.200. The molecule has 0 radical (unpaired) electrons. The Morgan fingerprint density at radius 2 is 2.15 bits per heavy atom. The summed E-state index contributed by atoms with van der Waals surface area (Å²) < 4.78 is 32.1. The summed E-state index contributed by atoms with van der Waals surface area (Å²) >= 11 is 0. The van der Waals surface area contributed by atoms with Crippen LogP contribution in [0.25, 0.3) is 0 Å². The summed E-state index contributed by atoms with van der Waals surface area (Å²) in [5.74, 6) is -0.684. The average Bonchev–Trinajstić information content (AvgIpc) is 2.70. The summed E-state index contributed by atoms with van der Waals surface area (Å²) in [6.07, 6.45) is 2.01. The molecule has 1 amide bonds. The van der Waals surface area contributed by atoms with Gasteiger partial charge in [0.05, 0.1) is 25.8 Å². The summed E-state index contributed by atoms with van der Waals surface area (Å²) in [5, 5.41) is 2.67. The smallest absolute Gasteiger partial charge is 0.274 e. The Morgan fingerprint density at radius 3 is 2.74 bits per heavy atom. The van der Waals surface area contributed by atoms with Crippen LogP contribution in [0, 0.1) is 11.7 Å². The van der Waals surface area contributed by atoms with Crippen molar-refractivity contribution < 1.29 is 18.3 Å². The minimum Gasteiger partial charge on any atom is -0.495 e. The number of methoxy groups -OCH3 is 1. The molecule has 144 valence electrons. The molecule has 2 rings (SSSR count). The van der Waals surface area contributed by atoms with E-state index < -0.39 is 24.3 Å². The van der Waals surface area contributed by atoms with Gasteiger partial charge in [0.15, 0.2) is 0 Å². The van der Waals surface area contributed by atoms with Crippen LogP contribution in [0.4, 0.5) is 14.5 Å². The zero-order valence-electron chi connectivity index (χ0n) is 15.2. The van der Waals surface area contributed by atoms with E-state index in [2.05, 4.69) is 15.3 Å². The summed E-state index contributed by atoms with van der Waals surface area (Å²) in [4.78, 5) is 20.1. The van der Waals surface area contributed by atoms with Gasteiger partial charge < -0.3 is 15.8 Å². The van der Waals surface area contributed by atoms with E-state index in [-0.39, 0.29) is 18.0 Å². The number of amidine groups is 1. The van der Waals surface area contributed by atoms with Crippen molar-refractivity contribution in [2.24, 2.45) is 16.6 Å². The van der Waals surface area contributed by atoms with Crippen LogP contribution in [-0.4, -0.2) is 37.6 Å². The summed E-state index contributed by atoms with van der Waals surface area (Å²) in [5.41, 5.74) is 6.63. The predicted molar refractivity (Wildman–Crippen MR) is 100 cm³/mol. The minimum atomic E-state index is -0.662. The van der Waals surface area contributed by atoms with Gasteiger partial charge in [0, 0.05) is 18.7 Å². The predicted octanol–water partition coefficient (Wildman–Crippen LogP) is 2.99. The monoisotopic (exact) mass is 376 g/mol. The van der Waals surface area contributed by atoms with E-state index >= 15 is 0 Å². The Balaban J connectivity index is 2.08. The van der Waals surface area contributed by atoms with Gasteiger partial charge in [-0.2, -0.15) is 0 Å². The first kappa shape index (κ1) is 20.3. The van der Waals surface area contributed by atoms with Crippen molar-refractivity contribution in [1.29, 1.82) is 0 Å². The highest BCUT2D eigenvalue weighted by atomic mass is 19.1. The van der Waals surface area contributed by atoms with Crippen molar-refractivity contribution >= 4 is 17.4 Å². The first-order chi connectivity index (χ1) is 13.0. The van der Waals surface area contributed by atoms with Crippen molar-refractivity contribution in [2.75, 3.05) is 26.1 Å². The second-order valence-corrected chi connectivity index (χ2v) is 5.88. The van der Waals surface area contributed by atoms with Crippen LogP contribution in [0.2, 0.25) is 0 Å². The van der Waals surface area contributed by atoms with E-state index in [9.17, 15) is 13.6 Å². The van der Waals surface area contributed by atoms with Crippen LogP contribution in [0.15, 0.2) is 41.5 Å². The van der Waals surface area contributed by atoms with Crippen LogP contribution in [0.1, 0.15) is 22.5 Å². The van der Waals surface area contributed by atoms with Gasteiger partial charge in [0.25, 0.3) is 5.91 Å². The molecule has 8 heteroatoms. The lowest BCUT2D eigenvalue weighted by Crippen LogP contribution is -2.26. The molecule has 1 atom stereocenters. The third-order valence-corrected chi connectivity index (χ3v) is 4.13. The number of aromatic nitrogens is 1. The van der Waals surface area contributed by atoms with E-state index in [1.807, 2.05) is 0 Å². The topological polar surface area (TPSA) is 89.6 Å². The Kier molecular flexibility index (Phi) is 7.22. The number of carbonyl (C=O) groups excluding carboxylic acids is 1. The number of rotatable bonds is 8. The van der Waals surface area contributed by atoms with Crippen molar-refractivity contribution in [3.8, 4) is 5.75 Å². The largest absolute Gasteiger partial charge is 0.495 e. The highest BCUT2D eigenvalue weighted by Gasteiger charge is 2.15. The van der Waals surface area contributed by atoms with Crippen LogP contribution >= 0.6 is 0 Å². The van der Waals surface area contributed by atoms with Crippen molar-refractivity contribution in [2.45, 2.75) is 12.8 Å². The number of amides is 1.